The summed E-state index contributed by atoms with van der Waals surface area (Å²) in [5.74, 6) is 1.25. The Labute approximate surface area is 200 Å². The molecule has 6 nitrogen and oxygen atoms in total. The Hall–Kier alpha value is -2.65. The van der Waals surface area contributed by atoms with Crippen LogP contribution in [0.25, 0.3) is 0 Å². The number of halogens is 1. The molecule has 0 fully saturated rings. The lowest BCUT2D eigenvalue weighted by Gasteiger charge is -2.18. The van der Waals surface area contributed by atoms with Crippen LogP contribution in [0.4, 0.5) is 0 Å². The Bertz CT molecular complexity index is 923. The number of hydrogen-bond donors (Lipinski definition) is 3. The molecule has 3 rings (SSSR count). The van der Waals surface area contributed by atoms with Crippen molar-refractivity contribution in [3.05, 3.63) is 95.7 Å². The number of ether oxygens (including phenoxy) is 1. The number of nitrogens with one attached hydrogen (secondary N) is 2. The fourth-order valence-corrected chi connectivity index (χ4v) is 3.05. The summed E-state index contributed by atoms with van der Waals surface area (Å²) in [6.07, 6.45) is 1.72. The Morgan fingerprint density at radius 1 is 1.00 bits per heavy atom. The van der Waals surface area contributed by atoms with Gasteiger partial charge in [0.2, 0.25) is 5.88 Å². The topological polar surface area (TPSA) is 78.8 Å². The van der Waals surface area contributed by atoms with E-state index < -0.39 is 0 Å². The third-order valence-electron chi connectivity index (χ3n) is 4.75. The van der Waals surface area contributed by atoms with E-state index >= 15 is 0 Å². The molecule has 0 radical (unpaired) electrons. The number of guanidine groups is 1. The normalized spacial score (nSPS) is 11.9. The number of aliphatic hydroxyl groups is 1. The van der Waals surface area contributed by atoms with E-state index in [2.05, 4.69) is 20.6 Å². The summed E-state index contributed by atoms with van der Waals surface area (Å²) in [6, 6.07) is 23.8. The molecular formula is C24H29IN4O2. The van der Waals surface area contributed by atoms with Crippen molar-refractivity contribution in [3.63, 3.8) is 0 Å². The molecule has 1 aromatic heterocycles. The molecule has 7 heteroatoms. The van der Waals surface area contributed by atoms with Crippen molar-refractivity contribution in [1.82, 2.24) is 15.6 Å². The van der Waals surface area contributed by atoms with Gasteiger partial charge in [-0.25, -0.2) is 4.98 Å². The summed E-state index contributed by atoms with van der Waals surface area (Å²) < 4.78 is 5.92. The van der Waals surface area contributed by atoms with Gasteiger partial charge < -0.3 is 20.5 Å². The van der Waals surface area contributed by atoms with E-state index in [1.54, 1.807) is 13.2 Å². The van der Waals surface area contributed by atoms with Gasteiger partial charge in [-0.3, -0.25) is 4.99 Å². The third kappa shape index (κ3) is 7.84. The van der Waals surface area contributed by atoms with Gasteiger partial charge >= 0.3 is 0 Å². The minimum absolute atomic E-state index is 0. The average molecular weight is 532 g/mol. The standard InChI is InChI=1S/C24H28N4O2.HI/c1-25-24(28-16-22(17-29)20-11-6-3-7-12-20)27-15-21-13-8-14-26-23(21)30-18-19-9-4-2-5-10-19;/h2-14,22,29H,15-18H2,1H3,(H2,25,27,28);1H. The predicted molar refractivity (Wildman–Crippen MR) is 135 cm³/mol. The predicted octanol–water partition coefficient (Wildman–Crippen LogP) is 3.72. The van der Waals surface area contributed by atoms with Crippen LogP contribution in [0.3, 0.4) is 0 Å². The lowest BCUT2D eigenvalue weighted by molar-refractivity contribution is 0.265. The van der Waals surface area contributed by atoms with Gasteiger partial charge in [-0.15, -0.1) is 24.0 Å². The maximum absolute atomic E-state index is 9.74. The lowest BCUT2D eigenvalue weighted by Crippen LogP contribution is -2.39. The monoisotopic (exact) mass is 532 g/mol. The number of aliphatic hydroxyl groups excluding tert-OH is 1. The van der Waals surface area contributed by atoms with Crippen molar-refractivity contribution in [1.29, 1.82) is 0 Å². The van der Waals surface area contributed by atoms with Crippen LogP contribution in [0, 0.1) is 0 Å². The van der Waals surface area contributed by atoms with E-state index in [1.807, 2.05) is 72.8 Å². The molecule has 0 saturated carbocycles. The summed E-state index contributed by atoms with van der Waals surface area (Å²) in [7, 11) is 1.72. The van der Waals surface area contributed by atoms with Gasteiger partial charge in [0.1, 0.15) is 6.61 Å². The second kappa shape index (κ2) is 13.6. The van der Waals surface area contributed by atoms with Crippen molar-refractivity contribution in [2.24, 2.45) is 4.99 Å². The molecule has 0 bridgehead atoms. The van der Waals surface area contributed by atoms with Crippen molar-refractivity contribution < 1.29 is 9.84 Å². The SMILES string of the molecule is CN=C(NCc1cccnc1OCc1ccccc1)NCC(CO)c1ccccc1.I. The molecule has 0 amide bonds. The maximum Gasteiger partial charge on any atom is 0.218 e. The van der Waals surface area contributed by atoms with Gasteiger partial charge in [-0.05, 0) is 17.2 Å². The van der Waals surface area contributed by atoms with Crippen LogP contribution in [0.5, 0.6) is 5.88 Å². The van der Waals surface area contributed by atoms with Crippen LogP contribution in [-0.4, -0.2) is 36.2 Å². The molecule has 31 heavy (non-hydrogen) atoms. The van der Waals surface area contributed by atoms with Crippen LogP contribution in [-0.2, 0) is 13.2 Å². The second-order valence-corrected chi connectivity index (χ2v) is 6.84. The van der Waals surface area contributed by atoms with Gasteiger partial charge in [0.15, 0.2) is 5.96 Å². The zero-order valence-corrected chi connectivity index (χ0v) is 19.9. The number of rotatable bonds is 9. The van der Waals surface area contributed by atoms with E-state index in [9.17, 15) is 5.11 Å². The van der Waals surface area contributed by atoms with Crippen LogP contribution >= 0.6 is 24.0 Å². The first-order valence-corrected chi connectivity index (χ1v) is 10.0. The quantitative estimate of drug-likeness (QED) is 0.223. The molecule has 3 N–H and O–H groups in total. The van der Waals surface area contributed by atoms with Crippen molar-refractivity contribution in [2.75, 3.05) is 20.2 Å². The Kier molecular flexibility index (Phi) is 10.8. The first-order chi connectivity index (χ1) is 14.8. The third-order valence-corrected chi connectivity index (χ3v) is 4.75. The minimum atomic E-state index is -0.00657. The highest BCUT2D eigenvalue weighted by atomic mass is 127. The smallest absolute Gasteiger partial charge is 0.218 e. The fraction of sp³-hybridized carbons (Fsp3) is 0.250. The molecule has 0 aliphatic carbocycles. The molecule has 3 aromatic rings. The first-order valence-electron chi connectivity index (χ1n) is 10.0. The zero-order valence-electron chi connectivity index (χ0n) is 17.6. The van der Waals surface area contributed by atoms with Crippen LogP contribution in [0.2, 0.25) is 0 Å². The second-order valence-electron chi connectivity index (χ2n) is 6.84. The Morgan fingerprint density at radius 3 is 2.39 bits per heavy atom. The molecule has 1 unspecified atom stereocenters. The number of nitrogens with zero attached hydrogens (tertiary/aromatic N) is 2. The van der Waals surface area contributed by atoms with Gasteiger partial charge in [-0.2, -0.15) is 0 Å². The van der Waals surface area contributed by atoms with E-state index in [-0.39, 0.29) is 36.5 Å². The minimum Gasteiger partial charge on any atom is -0.473 e. The van der Waals surface area contributed by atoms with Gasteiger partial charge in [0, 0.05) is 37.8 Å². The van der Waals surface area contributed by atoms with Crippen molar-refractivity contribution in [3.8, 4) is 5.88 Å². The Balaban J connectivity index is 0.00000341. The molecular weight excluding hydrogens is 503 g/mol. The number of benzene rings is 2. The van der Waals surface area contributed by atoms with Crippen LogP contribution < -0.4 is 15.4 Å². The highest BCUT2D eigenvalue weighted by Crippen LogP contribution is 2.16. The number of hydrogen-bond acceptors (Lipinski definition) is 4. The molecule has 0 spiro atoms. The summed E-state index contributed by atoms with van der Waals surface area (Å²) in [4.78, 5) is 8.65. The lowest BCUT2D eigenvalue weighted by atomic mass is 10.0. The molecule has 0 aliphatic heterocycles. The van der Waals surface area contributed by atoms with E-state index in [0.29, 0.717) is 31.5 Å². The van der Waals surface area contributed by atoms with Gasteiger partial charge in [0.05, 0.1) is 6.61 Å². The molecule has 0 saturated heterocycles. The number of aromatic nitrogens is 1. The highest BCUT2D eigenvalue weighted by molar-refractivity contribution is 14.0. The van der Waals surface area contributed by atoms with E-state index in [1.165, 1.54) is 0 Å². The van der Waals surface area contributed by atoms with Gasteiger partial charge in [0.25, 0.3) is 0 Å². The van der Waals surface area contributed by atoms with Crippen LogP contribution in [0.15, 0.2) is 84.0 Å². The molecule has 2 aromatic carbocycles. The molecule has 0 aliphatic rings. The number of pyridine rings is 1. The highest BCUT2D eigenvalue weighted by Gasteiger charge is 2.11. The molecule has 1 atom stereocenters. The fourth-order valence-electron chi connectivity index (χ4n) is 3.05. The largest absolute Gasteiger partial charge is 0.473 e. The van der Waals surface area contributed by atoms with Gasteiger partial charge in [-0.1, -0.05) is 66.7 Å². The molecule has 1 heterocycles. The Morgan fingerprint density at radius 2 is 1.71 bits per heavy atom. The summed E-state index contributed by atoms with van der Waals surface area (Å²) in [5.41, 5.74) is 3.13. The average Bonchev–Trinajstić information content (AvgIpc) is 2.82. The first kappa shape index (κ1) is 24.6. The summed E-state index contributed by atoms with van der Waals surface area (Å²) in [6.45, 7) is 1.62. The summed E-state index contributed by atoms with van der Waals surface area (Å²) >= 11 is 0. The zero-order chi connectivity index (χ0) is 21.0. The van der Waals surface area contributed by atoms with Crippen molar-refractivity contribution in [2.45, 2.75) is 19.1 Å². The number of aliphatic imine (C=N–C) groups is 1. The van der Waals surface area contributed by atoms with E-state index in [0.717, 1.165) is 16.7 Å². The summed E-state index contributed by atoms with van der Waals surface area (Å²) in [5, 5.41) is 16.3. The molecule has 164 valence electrons. The maximum atomic E-state index is 9.74. The van der Waals surface area contributed by atoms with E-state index in [4.69, 9.17) is 4.74 Å². The van der Waals surface area contributed by atoms with Crippen molar-refractivity contribution >= 4 is 29.9 Å². The van der Waals surface area contributed by atoms with Crippen LogP contribution in [0.1, 0.15) is 22.6 Å².